The van der Waals surface area contributed by atoms with E-state index in [1.54, 1.807) is 0 Å². The number of nitrogens with zero attached hydrogens (tertiary/aromatic N) is 2. The Morgan fingerprint density at radius 1 is 1.17 bits per heavy atom. The molecule has 0 fully saturated rings. The normalized spacial score (nSPS) is 10.4. The zero-order valence-electron chi connectivity index (χ0n) is 10.6. The van der Waals surface area contributed by atoms with Crippen molar-refractivity contribution in [2.45, 2.75) is 13.8 Å². The van der Waals surface area contributed by atoms with E-state index < -0.39 is 0 Å². The first kappa shape index (κ1) is 12.9. The maximum Gasteiger partial charge on any atom is 0.222 e. The average molecular weight is 259 g/mol. The van der Waals surface area contributed by atoms with Crippen LogP contribution in [-0.2, 0) is 0 Å². The van der Waals surface area contributed by atoms with Gasteiger partial charge in [-0.05, 0) is 25.0 Å². The highest BCUT2D eigenvalue weighted by Gasteiger charge is 2.03. The minimum Gasteiger partial charge on any atom is -0.353 e. The van der Waals surface area contributed by atoms with E-state index in [1.807, 2.05) is 12.4 Å². The van der Waals surface area contributed by atoms with Gasteiger partial charge in [-0.2, -0.15) is 12.6 Å². The number of rotatable bonds is 4. The van der Waals surface area contributed by atoms with E-state index in [-0.39, 0.29) is 0 Å². The second-order valence-electron chi connectivity index (χ2n) is 4.26. The Morgan fingerprint density at radius 2 is 1.89 bits per heavy atom. The van der Waals surface area contributed by atoms with Crippen molar-refractivity contribution >= 4 is 18.6 Å². The van der Waals surface area contributed by atoms with E-state index >= 15 is 0 Å². The molecule has 0 bridgehead atoms. The van der Waals surface area contributed by atoms with Gasteiger partial charge in [0, 0.05) is 30.3 Å². The fourth-order valence-corrected chi connectivity index (χ4v) is 1.88. The van der Waals surface area contributed by atoms with Crippen molar-refractivity contribution in [2.24, 2.45) is 0 Å². The standard InChI is InChI=1S/C14H17N3S/c1-10-3-4-11(2)13(7-10)12-8-16-14(17-9-12)15-5-6-18/h3-4,7-9,18H,5-6H2,1-2H3,(H,15,16,17). The number of nitrogens with one attached hydrogen (secondary N) is 1. The molecule has 0 unspecified atom stereocenters. The van der Waals surface area contributed by atoms with Crippen LogP contribution in [0, 0.1) is 13.8 Å². The molecule has 0 aliphatic heterocycles. The van der Waals surface area contributed by atoms with Crippen LogP contribution in [0.25, 0.3) is 11.1 Å². The van der Waals surface area contributed by atoms with Crippen LogP contribution in [0.4, 0.5) is 5.95 Å². The van der Waals surface area contributed by atoms with Crippen LogP contribution in [-0.4, -0.2) is 22.3 Å². The van der Waals surface area contributed by atoms with Crippen molar-refractivity contribution in [1.82, 2.24) is 9.97 Å². The lowest BCUT2D eigenvalue weighted by Gasteiger charge is -2.08. The Balaban J connectivity index is 2.25. The van der Waals surface area contributed by atoms with Crippen LogP contribution in [0.3, 0.4) is 0 Å². The minimum absolute atomic E-state index is 0.651. The van der Waals surface area contributed by atoms with E-state index in [4.69, 9.17) is 0 Å². The van der Waals surface area contributed by atoms with E-state index in [2.05, 4.69) is 60.0 Å². The third-order valence-electron chi connectivity index (χ3n) is 2.75. The van der Waals surface area contributed by atoms with Crippen molar-refractivity contribution in [3.63, 3.8) is 0 Å². The van der Waals surface area contributed by atoms with Crippen molar-refractivity contribution in [1.29, 1.82) is 0 Å². The molecule has 1 heterocycles. The van der Waals surface area contributed by atoms with Gasteiger partial charge in [0.05, 0.1) is 0 Å². The van der Waals surface area contributed by atoms with Crippen molar-refractivity contribution < 1.29 is 0 Å². The molecule has 0 saturated heterocycles. The summed E-state index contributed by atoms with van der Waals surface area (Å²) in [6.45, 7) is 4.96. The van der Waals surface area contributed by atoms with Crippen molar-refractivity contribution in [3.8, 4) is 11.1 Å². The van der Waals surface area contributed by atoms with Crippen molar-refractivity contribution in [3.05, 3.63) is 41.7 Å². The topological polar surface area (TPSA) is 37.8 Å². The second-order valence-corrected chi connectivity index (χ2v) is 4.71. The summed E-state index contributed by atoms with van der Waals surface area (Å²) in [7, 11) is 0. The van der Waals surface area contributed by atoms with Gasteiger partial charge in [0.15, 0.2) is 0 Å². The molecule has 0 atom stereocenters. The summed E-state index contributed by atoms with van der Waals surface area (Å²) in [6.07, 6.45) is 3.71. The number of anilines is 1. The molecule has 0 aliphatic carbocycles. The maximum absolute atomic E-state index is 4.31. The highest BCUT2D eigenvalue weighted by molar-refractivity contribution is 7.80. The van der Waals surface area contributed by atoms with Gasteiger partial charge in [0.1, 0.15) is 0 Å². The lowest BCUT2D eigenvalue weighted by atomic mass is 10.0. The Hall–Kier alpha value is -1.55. The molecule has 0 saturated carbocycles. The minimum atomic E-state index is 0.651. The highest BCUT2D eigenvalue weighted by atomic mass is 32.1. The Kier molecular flexibility index (Phi) is 4.20. The van der Waals surface area contributed by atoms with Crippen LogP contribution in [0.1, 0.15) is 11.1 Å². The lowest BCUT2D eigenvalue weighted by molar-refractivity contribution is 1.09. The molecule has 0 radical (unpaired) electrons. The molecule has 1 aromatic carbocycles. The monoisotopic (exact) mass is 259 g/mol. The average Bonchev–Trinajstić information content (AvgIpc) is 2.40. The number of aryl methyl sites for hydroxylation is 2. The summed E-state index contributed by atoms with van der Waals surface area (Å²) >= 11 is 4.14. The summed E-state index contributed by atoms with van der Waals surface area (Å²) < 4.78 is 0. The van der Waals surface area contributed by atoms with Crippen LogP contribution >= 0.6 is 12.6 Å². The summed E-state index contributed by atoms with van der Waals surface area (Å²) in [5.41, 5.74) is 4.72. The third kappa shape index (κ3) is 3.01. The van der Waals surface area contributed by atoms with Crippen molar-refractivity contribution in [2.75, 3.05) is 17.6 Å². The van der Waals surface area contributed by atoms with Gasteiger partial charge >= 0.3 is 0 Å². The molecular formula is C14H17N3S. The Morgan fingerprint density at radius 3 is 2.56 bits per heavy atom. The molecule has 2 aromatic rings. The third-order valence-corrected chi connectivity index (χ3v) is 2.97. The van der Waals surface area contributed by atoms with Crippen LogP contribution in [0.2, 0.25) is 0 Å². The summed E-state index contributed by atoms with van der Waals surface area (Å²) in [5.74, 6) is 1.42. The second kappa shape index (κ2) is 5.87. The molecule has 0 spiro atoms. The van der Waals surface area contributed by atoms with Crippen LogP contribution < -0.4 is 5.32 Å². The molecule has 0 aliphatic rings. The highest BCUT2D eigenvalue weighted by Crippen LogP contribution is 2.23. The molecule has 94 valence electrons. The number of benzene rings is 1. The molecular weight excluding hydrogens is 242 g/mol. The predicted molar refractivity (Wildman–Crippen MR) is 79.3 cm³/mol. The number of thiol groups is 1. The first-order valence-corrected chi connectivity index (χ1v) is 6.58. The Bertz CT molecular complexity index is 523. The van der Waals surface area contributed by atoms with E-state index in [0.717, 1.165) is 17.9 Å². The first-order chi connectivity index (χ1) is 8.70. The molecule has 4 heteroatoms. The van der Waals surface area contributed by atoms with Crippen LogP contribution in [0.15, 0.2) is 30.6 Å². The SMILES string of the molecule is Cc1ccc(C)c(-c2cnc(NCCS)nc2)c1. The van der Waals surface area contributed by atoms with Crippen LogP contribution in [0.5, 0.6) is 0 Å². The predicted octanol–water partition coefficient (Wildman–Crippen LogP) is 3.10. The zero-order chi connectivity index (χ0) is 13.0. The smallest absolute Gasteiger partial charge is 0.222 e. The first-order valence-electron chi connectivity index (χ1n) is 5.95. The molecule has 1 aromatic heterocycles. The molecule has 18 heavy (non-hydrogen) atoms. The zero-order valence-corrected chi connectivity index (χ0v) is 11.5. The maximum atomic E-state index is 4.31. The van der Waals surface area contributed by atoms with E-state index in [0.29, 0.717) is 5.95 Å². The molecule has 3 nitrogen and oxygen atoms in total. The van der Waals surface area contributed by atoms with Gasteiger partial charge in [-0.25, -0.2) is 9.97 Å². The fraction of sp³-hybridized carbons (Fsp3) is 0.286. The fourth-order valence-electron chi connectivity index (χ4n) is 1.77. The quantitative estimate of drug-likeness (QED) is 0.829. The van der Waals surface area contributed by atoms with Gasteiger partial charge in [-0.1, -0.05) is 23.8 Å². The summed E-state index contributed by atoms with van der Waals surface area (Å²) in [6, 6.07) is 6.40. The van der Waals surface area contributed by atoms with E-state index in [9.17, 15) is 0 Å². The van der Waals surface area contributed by atoms with E-state index in [1.165, 1.54) is 16.7 Å². The molecule has 2 rings (SSSR count). The summed E-state index contributed by atoms with van der Waals surface area (Å²) in [5, 5.41) is 3.10. The number of aromatic nitrogens is 2. The van der Waals surface area contributed by atoms with Gasteiger partial charge in [0.25, 0.3) is 0 Å². The van der Waals surface area contributed by atoms with Gasteiger partial charge in [-0.3, -0.25) is 0 Å². The largest absolute Gasteiger partial charge is 0.353 e. The van der Waals surface area contributed by atoms with Gasteiger partial charge in [-0.15, -0.1) is 0 Å². The molecule has 1 N–H and O–H groups in total. The summed E-state index contributed by atoms with van der Waals surface area (Å²) in [4.78, 5) is 8.61. The number of hydrogen-bond donors (Lipinski definition) is 2. The Labute approximate surface area is 113 Å². The molecule has 0 amide bonds. The lowest BCUT2D eigenvalue weighted by Crippen LogP contribution is -2.05. The van der Waals surface area contributed by atoms with Gasteiger partial charge in [0.2, 0.25) is 5.95 Å². The van der Waals surface area contributed by atoms with Gasteiger partial charge < -0.3 is 5.32 Å². The number of hydrogen-bond acceptors (Lipinski definition) is 4.